The van der Waals surface area contributed by atoms with Gasteiger partial charge in [-0.05, 0) is 13.0 Å². The number of nitrogens with zero attached hydrogens (tertiary/aromatic N) is 2. The molecular formula is C9H9N3O2. The van der Waals surface area contributed by atoms with Gasteiger partial charge in [0.15, 0.2) is 5.65 Å². The summed E-state index contributed by atoms with van der Waals surface area (Å²) < 4.78 is 4.83. The Kier molecular flexibility index (Phi) is 2.14. The van der Waals surface area contributed by atoms with E-state index in [4.69, 9.17) is 4.74 Å². The van der Waals surface area contributed by atoms with Crippen LogP contribution in [0.5, 0.6) is 0 Å². The number of nitrogens with one attached hydrogen (secondary N) is 1. The lowest BCUT2D eigenvalue weighted by Gasteiger charge is -1.96. The summed E-state index contributed by atoms with van der Waals surface area (Å²) in [6.45, 7) is 2.12. The van der Waals surface area contributed by atoms with Crippen molar-refractivity contribution >= 4 is 17.1 Å². The highest BCUT2D eigenvalue weighted by molar-refractivity contribution is 5.92. The van der Waals surface area contributed by atoms with E-state index in [0.717, 1.165) is 0 Å². The standard InChI is InChI=1S/C9H9N3O2/c1-2-14-9(13)7-5-6-8(12-7)11-4-3-10-6/h3-5H,2H2,1H3,(H,11,12). The van der Waals surface area contributed by atoms with Crippen LogP contribution in [0, 0.1) is 0 Å². The number of rotatable bonds is 2. The summed E-state index contributed by atoms with van der Waals surface area (Å²) in [6, 6.07) is 1.63. The highest BCUT2D eigenvalue weighted by atomic mass is 16.5. The normalized spacial score (nSPS) is 10.4. The van der Waals surface area contributed by atoms with Crippen molar-refractivity contribution in [3.05, 3.63) is 24.2 Å². The zero-order valence-corrected chi connectivity index (χ0v) is 7.65. The van der Waals surface area contributed by atoms with Crippen molar-refractivity contribution in [1.29, 1.82) is 0 Å². The van der Waals surface area contributed by atoms with Gasteiger partial charge >= 0.3 is 5.97 Å². The molecule has 0 spiro atoms. The van der Waals surface area contributed by atoms with Gasteiger partial charge in [0.2, 0.25) is 0 Å². The lowest BCUT2D eigenvalue weighted by molar-refractivity contribution is 0.0520. The van der Waals surface area contributed by atoms with Gasteiger partial charge in [-0.15, -0.1) is 0 Å². The molecule has 0 bridgehead atoms. The van der Waals surface area contributed by atoms with Crippen LogP contribution in [0.3, 0.4) is 0 Å². The quantitative estimate of drug-likeness (QED) is 0.722. The molecule has 2 heterocycles. The summed E-state index contributed by atoms with van der Waals surface area (Å²) in [7, 11) is 0. The van der Waals surface area contributed by atoms with Crippen LogP contribution in [0.15, 0.2) is 18.5 Å². The van der Waals surface area contributed by atoms with Crippen LogP contribution >= 0.6 is 0 Å². The van der Waals surface area contributed by atoms with E-state index in [-0.39, 0.29) is 5.97 Å². The highest BCUT2D eigenvalue weighted by Crippen LogP contribution is 2.10. The molecule has 0 saturated carbocycles. The predicted octanol–water partition coefficient (Wildman–Crippen LogP) is 1.13. The zero-order chi connectivity index (χ0) is 9.97. The van der Waals surface area contributed by atoms with Crippen molar-refractivity contribution in [3.8, 4) is 0 Å². The number of fused-ring (bicyclic) bond motifs is 1. The number of aromatic amines is 1. The predicted molar refractivity (Wildman–Crippen MR) is 49.8 cm³/mol. The summed E-state index contributed by atoms with van der Waals surface area (Å²) in [6.07, 6.45) is 3.14. The molecule has 0 saturated heterocycles. The highest BCUT2D eigenvalue weighted by Gasteiger charge is 2.10. The van der Waals surface area contributed by atoms with Gasteiger partial charge in [-0.2, -0.15) is 0 Å². The smallest absolute Gasteiger partial charge is 0.354 e. The Balaban J connectivity index is 2.40. The van der Waals surface area contributed by atoms with Crippen molar-refractivity contribution in [2.24, 2.45) is 0 Å². The monoisotopic (exact) mass is 191 g/mol. The van der Waals surface area contributed by atoms with Gasteiger partial charge in [-0.1, -0.05) is 0 Å². The fourth-order valence-corrected chi connectivity index (χ4v) is 1.17. The van der Waals surface area contributed by atoms with E-state index in [9.17, 15) is 4.79 Å². The van der Waals surface area contributed by atoms with Crippen molar-refractivity contribution in [3.63, 3.8) is 0 Å². The van der Waals surface area contributed by atoms with Crippen molar-refractivity contribution in [2.45, 2.75) is 6.92 Å². The molecule has 0 aliphatic heterocycles. The van der Waals surface area contributed by atoms with Crippen molar-refractivity contribution < 1.29 is 9.53 Å². The van der Waals surface area contributed by atoms with Gasteiger partial charge in [-0.3, -0.25) is 4.98 Å². The molecule has 2 aromatic heterocycles. The fraction of sp³-hybridized carbons (Fsp3) is 0.222. The molecule has 0 aliphatic rings. The molecule has 0 atom stereocenters. The molecule has 0 amide bonds. The summed E-state index contributed by atoms with van der Waals surface area (Å²) in [4.78, 5) is 22.2. The number of carbonyl (C=O) groups excluding carboxylic acids is 1. The molecule has 0 radical (unpaired) electrons. The van der Waals surface area contributed by atoms with Crippen molar-refractivity contribution in [1.82, 2.24) is 15.0 Å². The van der Waals surface area contributed by atoms with Gasteiger partial charge in [0.25, 0.3) is 0 Å². The summed E-state index contributed by atoms with van der Waals surface area (Å²) in [5.41, 5.74) is 1.64. The third-order valence-electron chi connectivity index (χ3n) is 1.76. The first-order valence-electron chi connectivity index (χ1n) is 4.28. The Hall–Kier alpha value is -1.91. The first kappa shape index (κ1) is 8.68. The van der Waals surface area contributed by atoms with Gasteiger partial charge in [0.05, 0.1) is 6.61 Å². The lowest BCUT2D eigenvalue weighted by Crippen LogP contribution is -2.04. The van der Waals surface area contributed by atoms with Gasteiger partial charge < -0.3 is 9.72 Å². The van der Waals surface area contributed by atoms with E-state index in [1.807, 2.05) is 0 Å². The Labute approximate surface area is 80.1 Å². The molecule has 0 aromatic carbocycles. The lowest BCUT2D eigenvalue weighted by atomic mass is 10.4. The van der Waals surface area contributed by atoms with Crippen molar-refractivity contribution in [2.75, 3.05) is 6.61 Å². The summed E-state index contributed by atoms with van der Waals surface area (Å²) in [5, 5.41) is 0. The molecule has 0 unspecified atom stereocenters. The Morgan fingerprint density at radius 3 is 3.00 bits per heavy atom. The van der Waals surface area contributed by atoms with Crippen LogP contribution in [-0.4, -0.2) is 27.5 Å². The molecule has 14 heavy (non-hydrogen) atoms. The molecule has 0 fully saturated rings. The number of carbonyl (C=O) groups is 1. The van der Waals surface area contributed by atoms with Crippen LogP contribution < -0.4 is 0 Å². The minimum Gasteiger partial charge on any atom is -0.461 e. The van der Waals surface area contributed by atoms with Crippen LogP contribution in [0.25, 0.3) is 11.2 Å². The van der Waals surface area contributed by atoms with Crippen LogP contribution in [0.2, 0.25) is 0 Å². The molecule has 2 rings (SSSR count). The van der Waals surface area contributed by atoms with E-state index < -0.39 is 0 Å². The number of hydrogen-bond donors (Lipinski definition) is 1. The minimum absolute atomic E-state index is 0.356. The zero-order valence-electron chi connectivity index (χ0n) is 7.65. The van der Waals surface area contributed by atoms with Crippen LogP contribution in [0.4, 0.5) is 0 Å². The average molecular weight is 191 g/mol. The van der Waals surface area contributed by atoms with E-state index in [2.05, 4.69) is 15.0 Å². The molecule has 72 valence electrons. The molecule has 0 aliphatic carbocycles. The first-order chi connectivity index (χ1) is 6.81. The number of H-pyrrole nitrogens is 1. The maximum atomic E-state index is 11.3. The van der Waals surface area contributed by atoms with Gasteiger partial charge in [0.1, 0.15) is 11.2 Å². The van der Waals surface area contributed by atoms with Crippen LogP contribution in [0.1, 0.15) is 17.4 Å². The molecule has 1 N–H and O–H groups in total. The maximum absolute atomic E-state index is 11.3. The summed E-state index contributed by atoms with van der Waals surface area (Å²) >= 11 is 0. The van der Waals surface area contributed by atoms with E-state index in [1.54, 1.807) is 25.4 Å². The Morgan fingerprint density at radius 1 is 1.50 bits per heavy atom. The Bertz CT molecular complexity index is 431. The number of esters is 1. The molecule has 5 heteroatoms. The SMILES string of the molecule is CCOC(=O)c1cc2nccnc2[nH]1. The first-order valence-corrected chi connectivity index (χ1v) is 4.28. The van der Waals surface area contributed by atoms with Gasteiger partial charge in [-0.25, -0.2) is 9.78 Å². The third kappa shape index (κ3) is 1.44. The Morgan fingerprint density at radius 2 is 2.29 bits per heavy atom. The number of aromatic nitrogens is 3. The summed E-state index contributed by atoms with van der Waals surface area (Å²) in [5.74, 6) is -0.382. The van der Waals surface area contributed by atoms with Crippen LogP contribution in [-0.2, 0) is 4.74 Å². The van der Waals surface area contributed by atoms with E-state index in [1.165, 1.54) is 0 Å². The second kappa shape index (κ2) is 3.45. The number of ether oxygens (including phenoxy) is 1. The minimum atomic E-state index is -0.382. The fourth-order valence-electron chi connectivity index (χ4n) is 1.17. The van der Waals surface area contributed by atoms with E-state index >= 15 is 0 Å². The molecule has 5 nitrogen and oxygen atoms in total. The average Bonchev–Trinajstić information content (AvgIpc) is 2.61. The second-order valence-corrected chi connectivity index (χ2v) is 2.69. The third-order valence-corrected chi connectivity index (χ3v) is 1.76. The maximum Gasteiger partial charge on any atom is 0.354 e. The number of hydrogen-bond acceptors (Lipinski definition) is 4. The van der Waals surface area contributed by atoms with E-state index in [0.29, 0.717) is 23.5 Å². The molecular weight excluding hydrogens is 182 g/mol. The topological polar surface area (TPSA) is 67.9 Å². The van der Waals surface area contributed by atoms with Gasteiger partial charge in [0, 0.05) is 12.4 Å². The second-order valence-electron chi connectivity index (χ2n) is 2.69. The largest absolute Gasteiger partial charge is 0.461 e. The molecule has 2 aromatic rings.